The van der Waals surface area contributed by atoms with Crippen LogP contribution in [0.5, 0.6) is 0 Å². The highest BCUT2D eigenvalue weighted by atomic mass is 35.5. The van der Waals surface area contributed by atoms with Gasteiger partial charge in [-0.1, -0.05) is 35.9 Å². The predicted octanol–water partition coefficient (Wildman–Crippen LogP) is 4.00. The Morgan fingerprint density at radius 2 is 1.72 bits per heavy atom. The maximum absolute atomic E-state index is 12.6. The summed E-state index contributed by atoms with van der Waals surface area (Å²) in [5.74, 6) is -1.28. The van der Waals surface area contributed by atoms with Gasteiger partial charge in [0.25, 0.3) is 0 Å². The van der Waals surface area contributed by atoms with Crippen molar-refractivity contribution in [3.8, 4) is 0 Å². The molecule has 0 aliphatic heterocycles. The van der Waals surface area contributed by atoms with E-state index in [-0.39, 0.29) is 12.2 Å². The van der Waals surface area contributed by atoms with E-state index in [1.807, 2.05) is 0 Å². The number of nitrogens with one attached hydrogen (secondary N) is 2. The number of carbonyl (C=O) groups excluding carboxylic acids is 2. The van der Waals surface area contributed by atoms with Gasteiger partial charge < -0.3 is 10.6 Å². The minimum Gasteiger partial charge on any atom is -0.352 e. The molecule has 0 spiro atoms. The maximum Gasteiger partial charge on any atom is 0.416 e. The number of halogens is 4. The van der Waals surface area contributed by atoms with Crippen molar-refractivity contribution in [1.82, 2.24) is 5.32 Å². The van der Waals surface area contributed by atoms with E-state index in [4.69, 9.17) is 11.6 Å². The zero-order valence-corrected chi connectivity index (χ0v) is 13.6. The van der Waals surface area contributed by atoms with Crippen LogP contribution in [0.3, 0.4) is 0 Å². The zero-order chi connectivity index (χ0) is 18.4. The Morgan fingerprint density at radius 1 is 1.00 bits per heavy atom. The molecule has 0 atom stereocenters. The van der Waals surface area contributed by atoms with E-state index in [2.05, 4.69) is 10.6 Å². The highest BCUT2D eigenvalue weighted by Crippen LogP contribution is 2.30. The molecule has 2 aromatic carbocycles. The average Bonchev–Trinajstić information content (AvgIpc) is 2.53. The highest BCUT2D eigenvalue weighted by Gasteiger charge is 2.30. The molecule has 0 bridgehead atoms. The summed E-state index contributed by atoms with van der Waals surface area (Å²) in [4.78, 5) is 23.5. The third kappa shape index (κ3) is 5.79. The van der Waals surface area contributed by atoms with E-state index >= 15 is 0 Å². The summed E-state index contributed by atoms with van der Waals surface area (Å²) >= 11 is 5.95. The number of hydrogen-bond donors (Lipinski definition) is 2. The quantitative estimate of drug-likeness (QED) is 0.781. The standard InChI is InChI=1S/C17H14ClF3N2O2/c18-14-7-2-1-4-11(14)10-22-15(24)9-16(25)23-13-6-3-5-12(8-13)17(19,20)21/h1-8H,9-10H2,(H,22,24)(H,23,25). The van der Waals surface area contributed by atoms with E-state index in [0.717, 1.165) is 12.1 Å². The average molecular weight is 371 g/mol. The van der Waals surface area contributed by atoms with Crippen molar-refractivity contribution in [2.24, 2.45) is 0 Å². The van der Waals surface area contributed by atoms with Crippen molar-refractivity contribution in [2.45, 2.75) is 19.1 Å². The Labute approximate surface area is 147 Å². The summed E-state index contributed by atoms with van der Waals surface area (Å²) in [5.41, 5.74) is -0.219. The molecule has 0 unspecified atom stereocenters. The van der Waals surface area contributed by atoms with Crippen molar-refractivity contribution < 1.29 is 22.8 Å². The van der Waals surface area contributed by atoms with Crippen LogP contribution in [-0.2, 0) is 22.3 Å². The first-order chi connectivity index (χ1) is 11.8. The predicted molar refractivity (Wildman–Crippen MR) is 88.0 cm³/mol. The van der Waals surface area contributed by atoms with Gasteiger partial charge in [-0.05, 0) is 29.8 Å². The molecule has 0 heterocycles. The number of alkyl halides is 3. The van der Waals surface area contributed by atoms with Gasteiger partial charge in [-0.15, -0.1) is 0 Å². The Balaban J connectivity index is 1.88. The van der Waals surface area contributed by atoms with E-state index in [0.29, 0.717) is 10.6 Å². The maximum atomic E-state index is 12.6. The van der Waals surface area contributed by atoms with E-state index in [9.17, 15) is 22.8 Å². The van der Waals surface area contributed by atoms with Crippen LogP contribution in [0.2, 0.25) is 5.02 Å². The van der Waals surface area contributed by atoms with Gasteiger partial charge in [-0.3, -0.25) is 9.59 Å². The molecule has 0 aliphatic carbocycles. The molecule has 2 rings (SSSR count). The van der Waals surface area contributed by atoms with Crippen molar-refractivity contribution in [1.29, 1.82) is 0 Å². The minimum absolute atomic E-state index is 0.0290. The van der Waals surface area contributed by atoms with E-state index < -0.39 is 30.0 Å². The number of anilines is 1. The second-order valence-electron chi connectivity index (χ2n) is 5.17. The van der Waals surface area contributed by atoms with Crippen LogP contribution in [0.1, 0.15) is 17.5 Å². The second kappa shape index (κ2) is 8.02. The summed E-state index contributed by atoms with van der Waals surface area (Å²) in [6.07, 6.45) is -5.02. The molecular formula is C17H14ClF3N2O2. The van der Waals surface area contributed by atoms with Crippen LogP contribution in [0.15, 0.2) is 48.5 Å². The molecule has 0 radical (unpaired) electrons. The lowest BCUT2D eigenvalue weighted by Gasteiger charge is -2.10. The van der Waals surface area contributed by atoms with Crippen molar-refractivity contribution in [2.75, 3.05) is 5.32 Å². The summed E-state index contributed by atoms with van der Waals surface area (Å²) < 4.78 is 37.9. The van der Waals surface area contributed by atoms with Crippen LogP contribution in [0, 0.1) is 0 Å². The molecule has 2 aromatic rings. The first-order valence-electron chi connectivity index (χ1n) is 7.23. The van der Waals surface area contributed by atoms with Crippen molar-refractivity contribution in [3.63, 3.8) is 0 Å². The SMILES string of the molecule is O=C(CC(=O)Nc1cccc(C(F)(F)F)c1)NCc1ccccc1Cl. The summed E-state index contributed by atoms with van der Waals surface area (Å²) in [6.45, 7) is 0.148. The molecular weight excluding hydrogens is 357 g/mol. The van der Waals surface area contributed by atoms with E-state index in [1.165, 1.54) is 12.1 Å². The summed E-state index contributed by atoms with van der Waals surface area (Å²) in [5, 5.41) is 5.28. The third-order valence-electron chi connectivity index (χ3n) is 3.23. The van der Waals surface area contributed by atoms with Gasteiger partial charge in [0.15, 0.2) is 0 Å². The van der Waals surface area contributed by atoms with Gasteiger partial charge in [0, 0.05) is 17.3 Å². The molecule has 8 heteroatoms. The first-order valence-corrected chi connectivity index (χ1v) is 7.61. The molecule has 2 amide bonds. The summed E-state index contributed by atoms with van der Waals surface area (Å²) in [7, 11) is 0. The topological polar surface area (TPSA) is 58.2 Å². The number of hydrogen-bond acceptors (Lipinski definition) is 2. The molecule has 0 aromatic heterocycles. The smallest absolute Gasteiger partial charge is 0.352 e. The fourth-order valence-corrected chi connectivity index (χ4v) is 2.22. The zero-order valence-electron chi connectivity index (χ0n) is 12.9. The highest BCUT2D eigenvalue weighted by molar-refractivity contribution is 6.31. The molecule has 0 fully saturated rings. The van der Waals surface area contributed by atoms with Gasteiger partial charge in [0.2, 0.25) is 11.8 Å². The second-order valence-corrected chi connectivity index (χ2v) is 5.58. The van der Waals surface area contributed by atoms with Crippen molar-refractivity contribution >= 4 is 29.1 Å². The van der Waals surface area contributed by atoms with Gasteiger partial charge in [0.05, 0.1) is 5.56 Å². The van der Waals surface area contributed by atoms with Crippen LogP contribution in [-0.4, -0.2) is 11.8 Å². The monoisotopic (exact) mass is 370 g/mol. The van der Waals surface area contributed by atoms with Gasteiger partial charge in [0.1, 0.15) is 6.42 Å². The lowest BCUT2D eigenvalue weighted by Crippen LogP contribution is -2.27. The Hall–Kier alpha value is -2.54. The number of rotatable bonds is 5. The molecule has 132 valence electrons. The number of carbonyl (C=O) groups is 2. The molecule has 2 N–H and O–H groups in total. The van der Waals surface area contributed by atoms with Crippen LogP contribution >= 0.6 is 11.6 Å². The van der Waals surface area contributed by atoms with Crippen LogP contribution in [0.25, 0.3) is 0 Å². The number of amides is 2. The number of benzene rings is 2. The summed E-state index contributed by atoms with van der Waals surface area (Å²) in [6, 6.07) is 11.1. The van der Waals surface area contributed by atoms with Gasteiger partial charge >= 0.3 is 6.18 Å². The molecule has 25 heavy (non-hydrogen) atoms. The molecule has 0 saturated carbocycles. The van der Waals surface area contributed by atoms with Crippen molar-refractivity contribution in [3.05, 3.63) is 64.7 Å². The largest absolute Gasteiger partial charge is 0.416 e. The van der Waals surface area contributed by atoms with Gasteiger partial charge in [-0.25, -0.2) is 0 Å². The van der Waals surface area contributed by atoms with Crippen LogP contribution < -0.4 is 10.6 Å². The minimum atomic E-state index is -4.51. The normalized spacial score (nSPS) is 11.0. The van der Waals surface area contributed by atoms with Gasteiger partial charge in [-0.2, -0.15) is 13.2 Å². The Kier molecular flexibility index (Phi) is 6.03. The Morgan fingerprint density at radius 3 is 2.40 bits per heavy atom. The van der Waals surface area contributed by atoms with E-state index in [1.54, 1.807) is 24.3 Å². The molecule has 0 aliphatic rings. The fraction of sp³-hybridized carbons (Fsp3) is 0.176. The lowest BCUT2D eigenvalue weighted by atomic mass is 10.2. The third-order valence-corrected chi connectivity index (χ3v) is 3.60. The first kappa shape index (κ1) is 18.8. The molecule has 0 saturated heterocycles. The fourth-order valence-electron chi connectivity index (χ4n) is 2.02. The Bertz CT molecular complexity index is 778. The lowest BCUT2D eigenvalue weighted by molar-refractivity contribution is -0.137. The van der Waals surface area contributed by atoms with Crippen LogP contribution in [0.4, 0.5) is 18.9 Å². The molecule has 4 nitrogen and oxygen atoms in total.